The van der Waals surface area contributed by atoms with E-state index in [2.05, 4.69) is 46.5 Å². The van der Waals surface area contributed by atoms with E-state index in [1.54, 1.807) is 0 Å². The van der Waals surface area contributed by atoms with E-state index < -0.39 is 0 Å². The summed E-state index contributed by atoms with van der Waals surface area (Å²) in [6.45, 7) is 3.83. The van der Waals surface area contributed by atoms with Crippen molar-refractivity contribution in [2.45, 2.75) is 31.7 Å². The highest BCUT2D eigenvalue weighted by Gasteiger charge is 2.38. The van der Waals surface area contributed by atoms with E-state index in [0.29, 0.717) is 0 Å². The van der Waals surface area contributed by atoms with Crippen molar-refractivity contribution >= 4 is 17.3 Å². The van der Waals surface area contributed by atoms with Gasteiger partial charge in [-0.05, 0) is 40.3 Å². The molecule has 0 radical (unpaired) electrons. The molecule has 6 heteroatoms. The van der Waals surface area contributed by atoms with Gasteiger partial charge in [-0.3, -0.25) is 0 Å². The van der Waals surface area contributed by atoms with Crippen LogP contribution in [0.3, 0.4) is 0 Å². The molecule has 1 aliphatic carbocycles. The van der Waals surface area contributed by atoms with Gasteiger partial charge in [0.05, 0.1) is 6.20 Å². The van der Waals surface area contributed by atoms with E-state index in [1.165, 1.54) is 19.3 Å². The van der Waals surface area contributed by atoms with Crippen LogP contribution < -0.4 is 10.6 Å². The summed E-state index contributed by atoms with van der Waals surface area (Å²) in [7, 11) is 4.32. The summed E-state index contributed by atoms with van der Waals surface area (Å²) in [5.74, 6) is 1.73. The highest BCUT2D eigenvalue weighted by Crippen LogP contribution is 2.36. The topological polar surface area (TPSA) is 57.5 Å². The quantitative estimate of drug-likeness (QED) is 0.852. The molecule has 0 atom stereocenters. The number of nitrogens with zero attached hydrogens (tertiary/aromatic N) is 4. The summed E-state index contributed by atoms with van der Waals surface area (Å²) in [5.41, 5.74) is 1.14. The van der Waals surface area contributed by atoms with E-state index in [9.17, 15) is 0 Å². The molecule has 0 aromatic carbocycles. The van der Waals surface area contributed by atoms with Crippen LogP contribution in [0, 0.1) is 0 Å². The first kappa shape index (κ1) is 14.1. The number of anilines is 2. The Morgan fingerprint density at radius 3 is 2.76 bits per heavy atom. The van der Waals surface area contributed by atoms with Gasteiger partial charge in [0.25, 0.3) is 0 Å². The number of hydrogen-bond acceptors (Lipinski definition) is 5. The molecule has 3 rings (SSSR count). The van der Waals surface area contributed by atoms with Gasteiger partial charge in [0.1, 0.15) is 5.82 Å². The second-order valence-electron chi connectivity index (χ2n) is 5.99. The summed E-state index contributed by atoms with van der Waals surface area (Å²) >= 11 is 0. The van der Waals surface area contributed by atoms with Crippen molar-refractivity contribution in [2.75, 3.05) is 37.8 Å². The molecule has 114 valence electrons. The minimum absolute atomic E-state index is 0.263. The third kappa shape index (κ3) is 2.55. The van der Waals surface area contributed by atoms with E-state index in [1.807, 2.05) is 23.0 Å². The molecule has 1 saturated carbocycles. The van der Waals surface area contributed by atoms with Crippen LogP contribution in [0.1, 0.15) is 26.2 Å². The molecular formula is C15H24N6. The average Bonchev–Trinajstić information content (AvgIpc) is 2.85. The number of imidazole rings is 1. The van der Waals surface area contributed by atoms with Crippen molar-refractivity contribution in [1.82, 2.24) is 19.3 Å². The lowest BCUT2D eigenvalue weighted by atomic mass is 9.75. The lowest BCUT2D eigenvalue weighted by Gasteiger charge is -2.47. The number of nitrogens with one attached hydrogen (secondary N) is 2. The molecule has 0 unspecified atom stereocenters. The lowest BCUT2D eigenvalue weighted by Crippen LogP contribution is -2.54. The first-order valence-corrected chi connectivity index (χ1v) is 7.63. The van der Waals surface area contributed by atoms with Crippen LogP contribution in [0.4, 0.5) is 11.6 Å². The van der Waals surface area contributed by atoms with Crippen LogP contribution in [0.15, 0.2) is 18.6 Å². The van der Waals surface area contributed by atoms with Gasteiger partial charge in [0, 0.05) is 31.0 Å². The smallest absolute Gasteiger partial charge is 0.180 e. The monoisotopic (exact) mass is 288 g/mol. The SMILES string of the molecule is CCNc1cn2ccnc2c(NCC2(N(C)C)CCC2)n1. The summed E-state index contributed by atoms with van der Waals surface area (Å²) in [5, 5.41) is 6.79. The van der Waals surface area contributed by atoms with Crippen molar-refractivity contribution in [3.05, 3.63) is 18.6 Å². The van der Waals surface area contributed by atoms with Crippen molar-refractivity contribution in [2.24, 2.45) is 0 Å². The fraction of sp³-hybridized carbons (Fsp3) is 0.600. The average molecular weight is 288 g/mol. The standard InChI is InChI=1S/C15H24N6/c1-4-16-12-10-21-9-8-17-14(21)13(19-12)18-11-15(20(2)3)6-5-7-15/h8-10,16H,4-7,11H2,1-3H3,(H,18,19). The number of aromatic nitrogens is 3. The van der Waals surface area contributed by atoms with Gasteiger partial charge in [0.2, 0.25) is 0 Å². The van der Waals surface area contributed by atoms with Crippen LogP contribution in [-0.4, -0.2) is 52.0 Å². The minimum atomic E-state index is 0.263. The lowest BCUT2D eigenvalue weighted by molar-refractivity contribution is 0.0738. The maximum atomic E-state index is 4.66. The van der Waals surface area contributed by atoms with Gasteiger partial charge in [-0.1, -0.05) is 0 Å². The molecule has 0 amide bonds. The Morgan fingerprint density at radius 1 is 1.33 bits per heavy atom. The molecule has 6 nitrogen and oxygen atoms in total. The highest BCUT2D eigenvalue weighted by molar-refractivity contribution is 5.65. The van der Waals surface area contributed by atoms with Crippen LogP contribution in [-0.2, 0) is 0 Å². The van der Waals surface area contributed by atoms with Crippen molar-refractivity contribution < 1.29 is 0 Å². The second kappa shape index (κ2) is 5.52. The third-order valence-corrected chi connectivity index (χ3v) is 4.55. The molecule has 0 bridgehead atoms. The number of fused-ring (bicyclic) bond motifs is 1. The molecule has 2 aromatic rings. The zero-order valence-corrected chi connectivity index (χ0v) is 13.1. The molecule has 1 fully saturated rings. The Bertz CT molecular complexity index is 614. The maximum Gasteiger partial charge on any atom is 0.180 e. The molecule has 2 aromatic heterocycles. The Kier molecular flexibility index (Phi) is 3.71. The van der Waals surface area contributed by atoms with E-state index in [4.69, 9.17) is 0 Å². The summed E-state index contributed by atoms with van der Waals surface area (Å²) < 4.78 is 2.01. The predicted octanol–water partition coefficient (Wildman–Crippen LogP) is 2.06. The van der Waals surface area contributed by atoms with Crippen LogP contribution >= 0.6 is 0 Å². The summed E-state index contributed by atoms with van der Waals surface area (Å²) in [4.78, 5) is 11.4. The Morgan fingerprint density at radius 2 is 2.14 bits per heavy atom. The Labute approximate surface area is 125 Å². The number of rotatable bonds is 6. The highest BCUT2D eigenvalue weighted by atomic mass is 15.2. The van der Waals surface area contributed by atoms with Crippen molar-refractivity contribution in [1.29, 1.82) is 0 Å². The zero-order valence-electron chi connectivity index (χ0n) is 13.1. The fourth-order valence-corrected chi connectivity index (χ4v) is 2.93. The minimum Gasteiger partial charge on any atom is -0.369 e. The van der Waals surface area contributed by atoms with Crippen molar-refractivity contribution in [3.63, 3.8) is 0 Å². The largest absolute Gasteiger partial charge is 0.369 e. The van der Waals surface area contributed by atoms with Gasteiger partial charge in [0.15, 0.2) is 11.5 Å². The molecule has 2 heterocycles. The molecule has 1 aliphatic rings. The Balaban J connectivity index is 1.84. The molecule has 2 N–H and O–H groups in total. The van der Waals surface area contributed by atoms with Crippen LogP contribution in [0.2, 0.25) is 0 Å². The van der Waals surface area contributed by atoms with Gasteiger partial charge >= 0.3 is 0 Å². The van der Waals surface area contributed by atoms with E-state index in [-0.39, 0.29) is 5.54 Å². The van der Waals surface area contributed by atoms with Crippen LogP contribution in [0.5, 0.6) is 0 Å². The van der Waals surface area contributed by atoms with Crippen molar-refractivity contribution in [3.8, 4) is 0 Å². The third-order valence-electron chi connectivity index (χ3n) is 4.55. The predicted molar refractivity (Wildman–Crippen MR) is 85.9 cm³/mol. The molecule has 21 heavy (non-hydrogen) atoms. The van der Waals surface area contributed by atoms with E-state index in [0.717, 1.165) is 30.4 Å². The first-order chi connectivity index (χ1) is 10.1. The summed E-state index contributed by atoms with van der Waals surface area (Å²) in [6.07, 6.45) is 9.53. The molecule has 0 aliphatic heterocycles. The summed E-state index contributed by atoms with van der Waals surface area (Å²) in [6, 6.07) is 0. The first-order valence-electron chi connectivity index (χ1n) is 7.63. The Hall–Kier alpha value is -1.82. The molecular weight excluding hydrogens is 264 g/mol. The number of likely N-dealkylation sites (N-methyl/N-ethyl adjacent to an activating group) is 1. The normalized spacial score (nSPS) is 17.0. The maximum absolute atomic E-state index is 4.66. The van der Waals surface area contributed by atoms with Gasteiger partial charge in [-0.2, -0.15) is 0 Å². The van der Waals surface area contributed by atoms with Gasteiger partial charge in [-0.15, -0.1) is 0 Å². The second-order valence-corrected chi connectivity index (χ2v) is 5.99. The zero-order chi connectivity index (χ0) is 14.9. The van der Waals surface area contributed by atoms with Gasteiger partial charge < -0.3 is 19.9 Å². The van der Waals surface area contributed by atoms with Gasteiger partial charge in [-0.25, -0.2) is 9.97 Å². The molecule has 0 saturated heterocycles. The van der Waals surface area contributed by atoms with Crippen LogP contribution in [0.25, 0.3) is 5.65 Å². The van der Waals surface area contributed by atoms with E-state index >= 15 is 0 Å². The molecule has 0 spiro atoms. The number of hydrogen-bond donors (Lipinski definition) is 2. The fourth-order valence-electron chi connectivity index (χ4n) is 2.93.